The number of ether oxygens (including phenoxy) is 2. The fourth-order valence-electron chi connectivity index (χ4n) is 4.71. The summed E-state index contributed by atoms with van der Waals surface area (Å²) in [4.78, 5) is 14.6. The number of rotatable bonds is 9. The Hall–Kier alpha value is -3.37. The summed E-state index contributed by atoms with van der Waals surface area (Å²) in [5, 5.41) is 14.7. The van der Waals surface area contributed by atoms with E-state index < -0.39 is 36.2 Å². The minimum atomic E-state index is -3.72. The number of likely N-dealkylation sites (tertiary alicyclic amines) is 1. The maximum atomic E-state index is 15.0. The summed E-state index contributed by atoms with van der Waals surface area (Å²) >= 11 is 0. The van der Waals surface area contributed by atoms with Gasteiger partial charge in [0.05, 0.1) is 6.04 Å². The summed E-state index contributed by atoms with van der Waals surface area (Å²) in [5.74, 6) is -6.31. The van der Waals surface area contributed by atoms with Gasteiger partial charge in [-0.1, -0.05) is 24.3 Å². The SMILES string of the molecule is O=C(NC(CN1CCC1)C(O)c1cc(F)c2c(c1)OCCO2)C(F)(F)CCc1ccc2cc(F)ccc2c1. The molecule has 0 aromatic heterocycles. The van der Waals surface area contributed by atoms with E-state index in [2.05, 4.69) is 5.32 Å². The molecule has 5 rings (SSSR count). The third kappa shape index (κ3) is 5.71. The highest BCUT2D eigenvalue weighted by atomic mass is 19.3. The molecule has 2 N–H and O–H groups in total. The number of aryl methyl sites for hydroxylation is 1. The van der Waals surface area contributed by atoms with Gasteiger partial charge in [-0.15, -0.1) is 0 Å². The molecule has 2 atom stereocenters. The first-order valence-electron chi connectivity index (χ1n) is 12.6. The molecule has 2 aliphatic rings. The lowest BCUT2D eigenvalue weighted by molar-refractivity contribution is -0.148. The average Bonchev–Trinajstić information content (AvgIpc) is 2.88. The van der Waals surface area contributed by atoms with Crippen LogP contribution >= 0.6 is 0 Å². The first-order valence-corrected chi connectivity index (χ1v) is 12.6. The number of carbonyl (C=O) groups excluding carboxylic acids is 1. The van der Waals surface area contributed by atoms with Crippen LogP contribution in [-0.2, 0) is 11.2 Å². The number of fused-ring (bicyclic) bond motifs is 2. The second-order valence-electron chi connectivity index (χ2n) is 9.74. The standard InChI is InChI=1S/C28H28F4N2O4/c29-21-5-4-18-12-17(2-3-19(18)13-21)6-7-28(31,32)27(36)33-23(16-34-8-1-9-34)25(35)20-14-22(30)26-24(15-20)37-10-11-38-26/h2-5,12-15,23,25,35H,1,6-11,16H2,(H,33,36). The van der Waals surface area contributed by atoms with Crippen molar-refractivity contribution in [3.63, 3.8) is 0 Å². The van der Waals surface area contributed by atoms with Crippen LogP contribution in [0, 0.1) is 11.6 Å². The number of aliphatic hydroxyl groups excluding tert-OH is 1. The zero-order chi connectivity index (χ0) is 26.9. The van der Waals surface area contributed by atoms with Gasteiger partial charge in [-0.05, 0) is 72.1 Å². The van der Waals surface area contributed by atoms with Crippen molar-refractivity contribution in [1.29, 1.82) is 0 Å². The number of aliphatic hydroxyl groups is 1. The van der Waals surface area contributed by atoms with E-state index in [1.165, 1.54) is 18.2 Å². The number of hydrogen-bond donors (Lipinski definition) is 2. The van der Waals surface area contributed by atoms with E-state index in [-0.39, 0.29) is 49.1 Å². The van der Waals surface area contributed by atoms with Crippen LogP contribution in [0.5, 0.6) is 11.5 Å². The molecule has 0 spiro atoms. The monoisotopic (exact) mass is 532 g/mol. The van der Waals surface area contributed by atoms with Crippen molar-refractivity contribution in [2.75, 3.05) is 32.8 Å². The number of nitrogens with zero attached hydrogens (tertiary/aromatic N) is 1. The minimum absolute atomic E-state index is 0.0686. The molecular formula is C28H28F4N2O4. The van der Waals surface area contributed by atoms with Gasteiger partial charge in [0.2, 0.25) is 0 Å². The molecule has 202 valence electrons. The molecule has 2 heterocycles. The van der Waals surface area contributed by atoms with Gasteiger partial charge < -0.3 is 24.8 Å². The summed E-state index contributed by atoms with van der Waals surface area (Å²) in [6.07, 6.45) is -1.37. The Morgan fingerprint density at radius 3 is 2.53 bits per heavy atom. The number of alkyl halides is 2. The Morgan fingerprint density at radius 1 is 1.03 bits per heavy atom. The third-order valence-electron chi connectivity index (χ3n) is 6.99. The van der Waals surface area contributed by atoms with Gasteiger partial charge in [-0.25, -0.2) is 8.78 Å². The van der Waals surface area contributed by atoms with E-state index in [9.17, 15) is 27.5 Å². The fourth-order valence-corrected chi connectivity index (χ4v) is 4.71. The largest absolute Gasteiger partial charge is 0.486 e. The maximum Gasteiger partial charge on any atom is 0.324 e. The molecule has 2 unspecified atom stereocenters. The van der Waals surface area contributed by atoms with Crippen molar-refractivity contribution in [3.8, 4) is 11.5 Å². The lowest BCUT2D eigenvalue weighted by Gasteiger charge is -2.36. The highest BCUT2D eigenvalue weighted by molar-refractivity contribution is 5.84. The van der Waals surface area contributed by atoms with E-state index >= 15 is 0 Å². The molecule has 0 aliphatic carbocycles. The van der Waals surface area contributed by atoms with Crippen LogP contribution in [-0.4, -0.2) is 60.7 Å². The fraction of sp³-hybridized carbons (Fsp3) is 0.393. The van der Waals surface area contributed by atoms with E-state index in [0.717, 1.165) is 12.5 Å². The minimum Gasteiger partial charge on any atom is -0.486 e. The van der Waals surface area contributed by atoms with Crippen molar-refractivity contribution in [1.82, 2.24) is 10.2 Å². The van der Waals surface area contributed by atoms with E-state index in [1.807, 2.05) is 4.90 Å². The zero-order valence-electron chi connectivity index (χ0n) is 20.6. The van der Waals surface area contributed by atoms with Crippen LogP contribution in [0.2, 0.25) is 0 Å². The molecule has 1 saturated heterocycles. The highest BCUT2D eigenvalue weighted by Gasteiger charge is 2.41. The normalized spacial score (nSPS) is 17.1. The van der Waals surface area contributed by atoms with Crippen molar-refractivity contribution in [2.45, 2.75) is 37.3 Å². The number of benzene rings is 3. The molecule has 3 aromatic carbocycles. The lowest BCUT2D eigenvalue weighted by atomic mass is 9.98. The van der Waals surface area contributed by atoms with Crippen LogP contribution in [0.15, 0.2) is 48.5 Å². The smallest absolute Gasteiger partial charge is 0.324 e. The summed E-state index contributed by atoms with van der Waals surface area (Å²) < 4.78 is 68.6. The molecular weight excluding hydrogens is 504 g/mol. The van der Waals surface area contributed by atoms with Gasteiger partial charge >= 0.3 is 5.92 Å². The van der Waals surface area contributed by atoms with Gasteiger partial charge in [0.1, 0.15) is 25.1 Å². The number of nitrogens with one attached hydrogen (secondary N) is 1. The van der Waals surface area contributed by atoms with Crippen molar-refractivity contribution in [2.24, 2.45) is 0 Å². The zero-order valence-corrected chi connectivity index (χ0v) is 20.6. The van der Waals surface area contributed by atoms with Crippen LogP contribution in [0.4, 0.5) is 17.6 Å². The molecule has 2 aliphatic heterocycles. The Balaban J connectivity index is 1.29. The first-order chi connectivity index (χ1) is 18.2. The van der Waals surface area contributed by atoms with Crippen LogP contribution < -0.4 is 14.8 Å². The van der Waals surface area contributed by atoms with Crippen molar-refractivity contribution in [3.05, 3.63) is 71.3 Å². The molecule has 38 heavy (non-hydrogen) atoms. The van der Waals surface area contributed by atoms with Gasteiger partial charge in [0.15, 0.2) is 17.3 Å². The van der Waals surface area contributed by atoms with Crippen molar-refractivity contribution < 1.29 is 36.9 Å². The average molecular weight is 533 g/mol. The molecule has 1 fully saturated rings. The maximum absolute atomic E-state index is 15.0. The summed E-state index contributed by atoms with van der Waals surface area (Å²) in [6.45, 7) is 1.93. The third-order valence-corrected chi connectivity index (χ3v) is 6.99. The molecule has 0 bridgehead atoms. The van der Waals surface area contributed by atoms with Crippen molar-refractivity contribution >= 4 is 16.7 Å². The van der Waals surface area contributed by atoms with E-state index in [1.54, 1.807) is 24.3 Å². The van der Waals surface area contributed by atoms with Crippen LogP contribution in [0.3, 0.4) is 0 Å². The Morgan fingerprint density at radius 2 is 1.76 bits per heavy atom. The topological polar surface area (TPSA) is 71.0 Å². The molecule has 0 radical (unpaired) electrons. The summed E-state index contributed by atoms with van der Waals surface area (Å²) in [7, 11) is 0. The quantitative estimate of drug-likeness (QED) is 0.401. The van der Waals surface area contributed by atoms with Gasteiger partial charge in [0, 0.05) is 13.0 Å². The number of carbonyl (C=O) groups is 1. The Labute approximate surface area is 217 Å². The Bertz CT molecular complexity index is 1330. The lowest BCUT2D eigenvalue weighted by Crippen LogP contribution is -2.54. The molecule has 3 aromatic rings. The highest BCUT2D eigenvalue weighted by Crippen LogP contribution is 2.36. The number of hydrogen-bond acceptors (Lipinski definition) is 5. The van der Waals surface area contributed by atoms with Gasteiger partial charge in [-0.2, -0.15) is 8.78 Å². The summed E-state index contributed by atoms with van der Waals surface area (Å²) in [6, 6.07) is 10.6. The molecule has 0 saturated carbocycles. The van der Waals surface area contributed by atoms with Gasteiger partial charge in [-0.3, -0.25) is 4.79 Å². The second-order valence-corrected chi connectivity index (χ2v) is 9.74. The van der Waals surface area contributed by atoms with E-state index in [4.69, 9.17) is 9.47 Å². The second kappa shape index (κ2) is 10.8. The molecule has 6 nitrogen and oxygen atoms in total. The van der Waals surface area contributed by atoms with Gasteiger partial charge in [0.25, 0.3) is 5.91 Å². The van der Waals surface area contributed by atoms with E-state index in [0.29, 0.717) is 29.4 Å². The number of amides is 1. The molecule has 1 amide bonds. The summed E-state index contributed by atoms with van der Waals surface area (Å²) in [5.41, 5.74) is 0.675. The molecule has 10 heteroatoms. The van der Waals surface area contributed by atoms with Crippen LogP contribution in [0.1, 0.15) is 30.1 Å². The number of halogens is 4. The predicted molar refractivity (Wildman–Crippen MR) is 133 cm³/mol. The Kier molecular flexibility index (Phi) is 7.45. The van der Waals surface area contributed by atoms with Crippen LogP contribution in [0.25, 0.3) is 10.8 Å². The predicted octanol–water partition coefficient (Wildman–Crippen LogP) is 4.38. The first kappa shape index (κ1) is 26.2.